The predicted molar refractivity (Wildman–Crippen MR) is 119 cm³/mol. The molecule has 0 unspecified atom stereocenters. The molecule has 170 valence electrons. The molecule has 0 aromatic heterocycles. The van der Waals surface area contributed by atoms with Gasteiger partial charge in [0.15, 0.2) is 0 Å². The molecule has 3 rings (SSSR count). The average Bonchev–Trinajstić information content (AvgIpc) is 3.28. The lowest BCUT2D eigenvalue weighted by molar-refractivity contribution is -0.135. The van der Waals surface area contributed by atoms with Crippen LogP contribution in [-0.2, 0) is 19.7 Å². The van der Waals surface area contributed by atoms with E-state index in [9.17, 15) is 25.1 Å². The Morgan fingerprint density at radius 1 is 1.19 bits per heavy atom. The van der Waals surface area contributed by atoms with Gasteiger partial charge in [0, 0.05) is 25.0 Å². The SMILES string of the molecule is COCCN1C(C)=C(C(=O)O)C(c2cccc(C#N)c2Cl)(C2CCCC2)C(C(=O)O)=C1C. The first-order chi connectivity index (χ1) is 15.2. The van der Waals surface area contributed by atoms with E-state index in [-0.39, 0.29) is 27.7 Å². The number of carboxylic acid groups (broad SMARTS) is 2. The molecular weight excluding hydrogens is 432 g/mol. The number of aliphatic carboxylic acids is 2. The van der Waals surface area contributed by atoms with Crippen LogP contribution in [0.3, 0.4) is 0 Å². The molecule has 32 heavy (non-hydrogen) atoms. The van der Waals surface area contributed by atoms with Gasteiger partial charge in [-0.3, -0.25) is 0 Å². The summed E-state index contributed by atoms with van der Waals surface area (Å²) >= 11 is 6.68. The third kappa shape index (κ3) is 3.58. The van der Waals surface area contributed by atoms with E-state index < -0.39 is 17.4 Å². The average molecular weight is 459 g/mol. The monoisotopic (exact) mass is 458 g/mol. The number of benzene rings is 1. The second-order valence-corrected chi connectivity index (χ2v) is 8.62. The van der Waals surface area contributed by atoms with Crippen LogP contribution in [0.4, 0.5) is 0 Å². The van der Waals surface area contributed by atoms with Crippen LogP contribution < -0.4 is 0 Å². The minimum absolute atomic E-state index is 0.000456. The summed E-state index contributed by atoms with van der Waals surface area (Å²) in [5.74, 6) is -2.66. The molecule has 0 radical (unpaired) electrons. The van der Waals surface area contributed by atoms with Crippen LogP contribution in [-0.4, -0.2) is 47.3 Å². The molecule has 1 aliphatic heterocycles. The molecule has 1 fully saturated rings. The summed E-state index contributed by atoms with van der Waals surface area (Å²) in [4.78, 5) is 27.4. The number of allylic oxidation sites excluding steroid dienone is 2. The molecule has 0 bridgehead atoms. The Balaban J connectivity index is 2.50. The molecule has 1 aromatic carbocycles. The van der Waals surface area contributed by atoms with Gasteiger partial charge in [-0.1, -0.05) is 36.6 Å². The maximum atomic E-state index is 12.8. The minimum atomic E-state index is -1.48. The standard InChI is InChI=1S/C24H27ClN2O5/c1-14-19(22(28)29)24(17-8-4-5-9-17,18-10-6-7-16(13-26)21(18)25)20(23(30)31)15(2)27(14)11-12-32-3/h6-7,10,17H,4-5,8-9,11-12H2,1-3H3,(H,28,29)(H,30,31). The van der Waals surface area contributed by atoms with Crippen molar-refractivity contribution in [3.8, 4) is 6.07 Å². The van der Waals surface area contributed by atoms with Crippen molar-refractivity contribution in [2.45, 2.75) is 44.9 Å². The van der Waals surface area contributed by atoms with Crippen molar-refractivity contribution < 1.29 is 24.5 Å². The zero-order valence-electron chi connectivity index (χ0n) is 18.4. The Morgan fingerprint density at radius 2 is 1.75 bits per heavy atom. The third-order valence-corrected chi connectivity index (χ3v) is 7.19. The van der Waals surface area contributed by atoms with E-state index in [0.717, 1.165) is 12.8 Å². The van der Waals surface area contributed by atoms with E-state index in [1.807, 2.05) is 6.07 Å². The molecule has 2 aliphatic rings. The number of hydrogen-bond donors (Lipinski definition) is 2. The highest BCUT2D eigenvalue weighted by Crippen LogP contribution is 2.57. The molecule has 8 heteroatoms. The zero-order valence-corrected chi connectivity index (χ0v) is 19.2. The fourth-order valence-corrected chi connectivity index (χ4v) is 5.88. The van der Waals surface area contributed by atoms with Crippen molar-refractivity contribution in [3.63, 3.8) is 0 Å². The molecule has 0 spiro atoms. The van der Waals surface area contributed by atoms with Crippen LogP contribution in [0.5, 0.6) is 0 Å². The van der Waals surface area contributed by atoms with Crippen molar-refractivity contribution in [1.29, 1.82) is 5.26 Å². The first-order valence-electron chi connectivity index (χ1n) is 10.6. The fraction of sp³-hybridized carbons (Fsp3) is 0.458. The molecule has 1 saturated carbocycles. The number of carbonyl (C=O) groups is 2. The van der Waals surface area contributed by atoms with E-state index in [1.165, 1.54) is 7.11 Å². The highest BCUT2D eigenvalue weighted by Gasteiger charge is 2.57. The van der Waals surface area contributed by atoms with Gasteiger partial charge in [0.1, 0.15) is 6.07 Å². The summed E-state index contributed by atoms with van der Waals surface area (Å²) in [6.07, 6.45) is 3.07. The molecule has 7 nitrogen and oxygen atoms in total. The zero-order chi connectivity index (χ0) is 23.6. The molecule has 1 aromatic rings. The van der Waals surface area contributed by atoms with E-state index in [0.29, 0.717) is 43.0 Å². The quantitative estimate of drug-likeness (QED) is 0.625. The fourth-order valence-electron chi connectivity index (χ4n) is 5.56. The molecular formula is C24H27ClN2O5. The lowest BCUT2D eigenvalue weighted by atomic mass is 9.58. The van der Waals surface area contributed by atoms with Crippen LogP contribution in [0.25, 0.3) is 0 Å². The van der Waals surface area contributed by atoms with Gasteiger partial charge in [-0.05, 0) is 44.2 Å². The Hall–Kier alpha value is -2.82. The molecule has 0 saturated heterocycles. The number of hydrogen-bond acceptors (Lipinski definition) is 5. The van der Waals surface area contributed by atoms with E-state index in [2.05, 4.69) is 0 Å². The van der Waals surface area contributed by atoms with Gasteiger partial charge in [0.25, 0.3) is 0 Å². The Bertz CT molecular complexity index is 1010. The Morgan fingerprint density at radius 3 is 2.22 bits per heavy atom. The third-order valence-electron chi connectivity index (χ3n) is 6.78. The van der Waals surface area contributed by atoms with Gasteiger partial charge in [-0.2, -0.15) is 5.26 Å². The largest absolute Gasteiger partial charge is 0.478 e. The van der Waals surface area contributed by atoms with Gasteiger partial charge in [0.05, 0.1) is 33.8 Å². The highest BCUT2D eigenvalue weighted by molar-refractivity contribution is 6.33. The first kappa shape index (κ1) is 23.8. The Kier molecular flexibility index (Phi) is 6.97. The predicted octanol–water partition coefficient (Wildman–Crippen LogP) is 4.32. The van der Waals surface area contributed by atoms with Crippen molar-refractivity contribution in [1.82, 2.24) is 4.90 Å². The second-order valence-electron chi connectivity index (χ2n) is 8.24. The summed E-state index contributed by atoms with van der Waals surface area (Å²) < 4.78 is 5.18. The van der Waals surface area contributed by atoms with E-state index >= 15 is 0 Å². The summed E-state index contributed by atoms with van der Waals surface area (Å²) in [6.45, 7) is 4.02. The van der Waals surface area contributed by atoms with Crippen molar-refractivity contribution in [2.24, 2.45) is 5.92 Å². The summed E-state index contributed by atoms with van der Waals surface area (Å²) in [5.41, 5.74) is -0.000523. The molecule has 2 N–H and O–H groups in total. The number of ether oxygens (including phenoxy) is 1. The molecule has 0 atom stereocenters. The number of halogens is 1. The summed E-state index contributed by atoms with van der Waals surface area (Å²) in [5, 5.41) is 30.6. The number of rotatable bonds is 7. The number of nitriles is 1. The van der Waals surface area contributed by atoms with Gasteiger partial charge < -0.3 is 19.8 Å². The van der Waals surface area contributed by atoms with Crippen LogP contribution in [0.1, 0.15) is 50.7 Å². The van der Waals surface area contributed by atoms with Gasteiger partial charge in [0.2, 0.25) is 0 Å². The van der Waals surface area contributed by atoms with Crippen molar-refractivity contribution >= 4 is 23.5 Å². The van der Waals surface area contributed by atoms with Gasteiger partial charge in [-0.25, -0.2) is 9.59 Å². The highest BCUT2D eigenvalue weighted by atomic mass is 35.5. The Labute approximate surface area is 192 Å². The summed E-state index contributed by atoms with van der Waals surface area (Å²) in [7, 11) is 1.54. The number of nitrogens with zero attached hydrogens (tertiary/aromatic N) is 2. The normalized spacial score (nSPS) is 18.8. The molecule has 0 amide bonds. The second kappa shape index (κ2) is 9.35. The van der Waals surface area contributed by atoms with Crippen molar-refractivity contribution in [3.05, 3.63) is 56.9 Å². The van der Waals surface area contributed by atoms with Gasteiger partial charge >= 0.3 is 11.9 Å². The van der Waals surface area contributed by atoms with Crippen LogP contribution in [0.2, 0.25) is 5.02 Å². The maximum Gasteiger partial charge on any atom is 0.334 e. The van der Waals surface area contributed by atoms with Crippen LogP contribution in [0.15, 0.2) is 40.7 Å². The number of methoxy groups -OCH3 is 1. The van der Waals surface area contributed by atoms with Crippen molar-refractivity contribution in [2.75, 3.05) is 20.3 Å². The lowest BCUT2D eigenvalue weighted by Gasteiger charge is -2.48. The minimum Gasteiger partial charge on any atom is -0.478 e. The maximum absolute atomic E-state index is 12.8. The molecule has 1 aliphatic carbocycles. The van der Waals surface area contributed by atoms with Gasteiger partial charge in [-0.15, -0.1) is 0 Å². The lowest BCUT2D eigenvalue weighted by Crippen LogP contribution is -2.50. The topological polar surface area (TPSA) is 111 Å². The number of carboxylic acids is 2. The van der Waals surface area contributed by atoms with E-state index in [4.69, 9.17) is 16.3 Å². The summed E-state index contributed by atoms with van der Waals surface area (Å²) in [6, 6.07) is 6.90. The first-order valence-corrected chi connectivity index (χ1v) is 11.0. The van der Waals surface area contributed by atoms with Crippen LogP contribution in [0, 0.1) is 17.2 Å². The smallest absolute Gasteiger partial charge is 0.334 e. The van der Waals surface area contributed by atoms with E-state index in [1.54, 1.807) is 36.9 Å². The molecule has 1 heterocycles. The van der Waals surface area contributed by atoms with Crippen LogP contribution >= 0.6 is 11.6 Å².